The first-order chi connectivity index (χ1) is 14.9. The predicted octanol–water partition coefficient (Wildman–Crippen LogP) is 4.05. The van der Waals surface area contributed by atoms with Crippen LogP contribution in [0.1, 0.15) is 46.5 Å². The lowest BCUT2D eigenvalue weighted by atomic mass is 10.0. The Bertz CT molecular complexity index is 976. The first-order valence-electron chi connectivity index (χ1n) is 10.6. The van der Waals surface area contributed by atoms with Gasteiger partial charge in [0, 0.05) is 19.1 Å². The van der Waals surface area contributed by atoms with Crippen molar-refractivity contribution >= 4 is 5.91 Å². The molecule has 0 bridgehead atoms. The minimum Gasteiger partial charge on any atom is -0.507 e. The predicted molar refractivity (Wildman–Crippen MR) is 123 cm³/mol. The summed E-state index contributed by atoms with van der Waals surface area (Å²) in [6.45, 7) is 3.27. The van der Waals surface area contributed by atoms with Crippen LogP contribution in [0, 0.1) is 0 Å². The number of primary amides is 1. The SMILES string of the molecule is CC(CCc1ccccc1)N(Cc1ccccc1)CC(O)c1ccc(O)c(C(N)=O)c1. The topological polar surface area (TPSA) is 86.8 Å². The van der Waals surface area contributed by atoms with Crippen molar-refractivity contribution in [3.8, 4) is 5.75 Å². The number of nitrogens with two attached hydrogens (primary N) is 1. The van der Waals surface area contributed by atoms with Crippen LogP contribution in [0.2, 0.25) is 0 Å². The molecule has 1 amide bonds. The number of amides is 1. The quantitative estimate of drug-likeness (QED) is 0.464. The lowest BCUT2D eigenvalue weighted by Crippen LogP contribution is -2.36. The summed E-state index contributed by atoms with van der Waals surface area (Å²) in [5.74, 6) is -0.898. The number of aliphatic hydroxyl groups is 1. The average molecular weight is 419 g/mol. The zero-order valence-electron chi connectivity index (χ0n) is 17.8. The first-order valence-corrected chi connectivity index (χ1v) is 10.6. The van der Waals surface area contributed by atoms with Crippen LogP contribution >= 0.6 is 0 Å². The Kier molecular flexibility index (Phi) is 7.82. The molecule has 5 heteroatoms. The van der Waals surface area contributed by atoms with Crippen molar-refractivity contribution in [2.45, 2.75) is 38.5 Å². The molecule has 4 N–H and O–H groups in total. The molecule has 0 aromatic heterocycles. The van der Waals surface area contributed by atoms with E-state index in [0.29, 0.717) is 18.7 Å². The number of carbonyl (C=O) groups is 1. The molecular weight excluding hydrogens is 388 g/mol. The molecule has 0 heterocycles. The molecule has 2 atom stereocenters. The maximum atomic E-state index is 11.6. The van der Waals surface area contributed by atoms with Crippen LogP contribution in [0.3, 0.4) is 0 Å². The van der Waals surface area contributed by atoms with Crippen molar-refractivity contribution in [2.75, 3.05) is 6.54 Å². The third-order valence-electron chi connectivity index (χ3n) is 5.62. The van der Waals surface area contributed by atoms with E-state index in [4.69, 9.17) is 5.73 Å². The molecule has 3 aromatic carbocycles. The minimum atomic E-state index is -0.818. The number of hydrogen-bond acceptors (Lipinski definition) is 4. The fourth-order valence-corrected chi connectivity index (χ4v) is 3.71. The van der Waals surface area contributed by atoms with Gasteiger partial charge >= 0.3 is 0 Å². The van der Waals surface area contributed by atoms with Gasteiger partial charge in [0.1, 0.15) is 5.75 Å². The molecule has 0 spiro atoms. The number of aromatic hydroxyl groups is 1. The van der Waals surface area contributed by atoms with Gasteiger partial charge < -0.3 is 15.9 Å². The molecular formula is C26H30N2O3. The summed E-state index contributed by atoms with van der Waals surface area (Å²) in [6.07, 6.45) is 1.08. The third-order valence-corrected chi connectivity index (χ3v) is 5.62. The molecule has 162 valence electrons. The van der Waals surface area contributed by atoms with Crippen LogP contribution in [-0.2, 0) is 13.0 Å². The number of aliphatic hydroxyl groups excluding tert-OH is 1. The van der Waals surface area contributed by atoms with Gasteiger partial charge in [-0.15, -0.1) is 0 Å². The summed E-state index contributed by atoms with van der Waals surface area (Å²) in [5.41, 5.74) is 8.37. The number of phenols is 1. The summed E-state index contributed by atoms with van der Waals surface area (Å²) >= 11 is 0. The van der Waals surface area contributed by atoms with Crippen molar-refractivity contribution in [3.05, 3.63) is 101 Å². The number of aryl methyl sites for hydroxylation is 1. The highest BCUT2D eigenvalue weighted by Gasteiger charge is 2.21. The second kappa shape index (κ2) is 10.8. The van der Waals surface area contributed by atoms with Crippen molar-refractivity contribution in [1.82, 2.24) is 4.90 Å². The van der Waals surface area contributed by atoms with E-state index in [1.807, 2.05) is 36.4 Å². The van der Waals surface area contributed by atoms with Crippen LogP contribution in [0.25, 0.3) is 0 Å². The summed E-state index contributed by atoms with van der Waals surface area (Å²) in [4.78, 5) is 13.8. The fourth-order valence-electron chi connectivity index (χ4n) is 3.71. The standard InChI is InChI=1S/C26H30N2O3/c1-19(12-13-20-8-4-2-5-9-20)28(17-21-10-6-3-7-11-21)18-25(30)22-14-15-24(29)23(16-22)26(27)31/h2-11,14-16,19,25,29-30H,12-13,17-18H2,1H3,(H2,27,31). The van der Waals surface area contributed by atoms with Crippen LogP contribution in [-0.4, -0.2) is 33.6 Å². The van der Waals surface area contributed by atoms with E-state index < -0.39 is 12.0 Å². The Morgan fingerprint density at radius 1 is 0.968 bits per heavy atom. The third kappa shape index (κ3) is 6.41. The van der Waals surface area contributed by atoms with Crippen LogP contribution < -0.4 is 5.73 Å². The van der Waals surface area contributed by atoms with Crippen LogP contribution in [0.4, 0.5) is 0 Å². The van der Waals surface area contributed by atoms with Crippen molar-refractivity contribution in [2.24, 2.45) is 5.73 Å². The summed E-state index contributed by atoms with van der Waals surface area (Å²) in [6, 6.07) is 25.3. The summed E-state index contributed by atoms with van der Waals surface area (Å²) in [5, 5.41) is 20.8. The molecule has 5 nitrogen and oxygen atoms in total. The molecule has 0 radical (unpaired) electrons. The van der Waals surface area contributed by atoms with Crippen molar-refractivity contribution in [3.63, 3.8) is 0 Å². The number of benzene rings is 3. The summed E-state index contributed by atoms with van der Waals surface area (Å²) < 4.78 is 0. The zero-order chi connectivity index (χ0) is 22.2. The van der Waals surface area contributed by atoms with Gasteiger partial charge in [0.05, 0.1) is 11.7 Å². The highest BCUT2D eigenvalue weighted by Crippen LogP contribution is 2.24. The molecule has 0 aliphatic heterocycles. The highest BCUT2D eigenvalue weighted by molar-refractivity contribution is 5.95. The summed E-state index contributed by atoms with van der Waals surface area (Å²) in [7, 11) is 0. The second-order valence-corrected chi connectivity index (χ2v) is 7.94. The van der Waals surface area contributed by atoms with Gasteiger partial charge in [-0.3, -0.25) is 9.69 Å². The maximum Gasteiger partial charge on any atom is 0.252 e. The van der Waals surface area contributed by atoms with E-state index >= 15 is 0 Å². The van der Waals surface area contributed by atoms with E-state index in [-0.39, 0.29) is 17.4 Å². The Hall–Kier alpha value is -3.15. The molecule has 0 aliphatic rings. The molecule has 0 fully saturated rings. The van der Waals surface area contributed by atoms with Crippen molar-refractivity contribution < 1.29 is 15.0 Å². The zero-order valence-corrected chi connectivity index (χ0v) is 17.8. The lowest BCUT2D eigenvalue weighted by molar-refractivity contribution is 0.0832. The Morgan fingerprint density at radius 3 is 2.19 bits per heavy atom. The highest BCUT2D eigenvalue weighted by atomic mass is 16.3. The van der Waals surface area contributed by atoms with E-state index in [0.717, 1.165) is 12.8 Å². The van der Waals surface area contributed by atoms with E-state index in [9.17, 15) is 15.0 Å². The monoisotopic (exact) mass is 418 g/mol. The normalized spacial score (nSPS) is 13.1. The number of carbonyl (C=O) groups excluding carboxylic acids is 1. The number of hydrogen-bond donors (Lipinski definition) is 3. The second-order valence-electron chi connectivity index (χ2n) is 7.94. The Balaban J connectivity index is 1.75. The van der Waals surface area contributed by atoms with E-state index in [2.05, 4.69) is 36.1 Å². The Labute approximate surface area is 183 Å². The first kappa shape index (κ1) is 22.5. The molecule has 0 saturated heterocycles. The number of nitrogens with zero attached hydrogens (tertiary/aromatic N) is 1. The van der Waals surface area contributed by atoms with Gasteiger partial charge in [0.2, 0.25) is 0 Å². The minimum absolute atomic E-state index is 0.0169. The molecule has 3 aromatic rings. The van der Waals surface area contributed by atoms with Gasteiger partial charge in [0.25, 0.3) is 5.91 Å². The van der Waals surface area contributed by atoms with Crippen molar-refractivity contribution in [1.29, 1.82) is 0 Å². The van der Waals surface area contributed by atoms with Gasteiger partial charge in [-0.2, -0.15) is 0 Å². The smallest absolute Gasteiger partial charge is 0.252 e. The Morgan fingerprint density at radius 2 is 1.58 bits per heavy atom. The van der Waals surface area contributed by atoms with Crippen LogP contribution in [0.15, 0.2) is 78.9 Å². The largest absolute Gasteiger partial charge is 0.507 e. The number of rotatable bonds is 10. The molecule has 0 aliphatic carbocycles. The average Bonchev–Trinajstić information content (AvgIpc) is 2.78. The van der Waals surface area contributed by atoms with E-state index in [1.54, 1.807) is 6.07 Å². The molecule has 3 rings (SSSR count). The lowest BCUT2D eigenvalue weighted by Gasteiger charge is -2.31. The maximum absolute atomic E-state index is 11.6. The fraction of sp³-hybridized carbons (Fsp3) is 0.269. The van der Waals surface area contributed by atoms with Gasteiger partial charge in [0.15, 0.2) is 0 Å². The van der Waals surface area contributed by atoms with E-state index in [1.165, 1.54) is 23.3 Å². The van der Waals surface area contributed by atoms with Gasteiger partial charge in [-0.05, 0) is 48.6 Å². The van der Waals surface area contributed by atoms with Gasteiger partial charge in [-0.25, -0.2) is 0 Å². The molecule has 0 saturated carbocycles. The van der Waals surface area contributed by atoms with Gasteiger partial charge in [-0.1, -0.05) is 66.7 Å². The molecule has 2 unspecified atom stereocenters. The molecule has 31 heavy (non-hydrogen) atoms. The van der Waals surface area contributed by atoms with Crippen LogP contribution in [0.5, 0.6) is 5.75 Å².